The zero-order valence-electron chi connectivity index (χ0n) is 13.1. The lowest BCUT2D eigenvalue weighted by Gasteiger charge is -2.23. The monoisotopic (exact) mass is 345 g/mol. The molecule has 0 unspecified atom stereocenters. The van der Waals surface area contributed by atoms with Crippen molar-refractivity contribution in [1.82, 2.24) is 0 Å². The fourth-order valence-corrected chi connectivity index (χ4v) is 3.74. The lowest BCUT2D eigenvalue weighted by atomic mass is 10.1. The first kappa shape index (κ1) is 17.4. The lowest BCUT2D eigenvalue weighted by Crippen LogP contribution is -2.31. The molecule has 0 N–H and O–H groups in total. The Kier molecular flexibility index (Phi) is 4.85. The predicted octanol–water partition coefficient (Wildman–Crippen LogP) is 2.99. The maximum Gasteiger partial charge on any atom is 0.270 e. The highest BCUT2D eigenvalue weighted by Crippen LogP contribution is 2.29. The molecule has 0 aliphatic carbocycles. The van der Waals surface area contributed by atoms with Gasteiger partial charge in [-0.2, -0.15) is 5.26 Å². The molecule has 0 amide bonds. The van der Waals surface area contributed by atoms with E-state index in [2.05, 4.69) is 0 Å². The smallest absolute Gasteiger partial charge is 0.265 e. The molecule has 0 atom stereocenters. The van der Waals surface area contributed by atoms with Gasteiger partial charge in [0, 0.05) is 18.7 Å². The van der Waals surface area contributed by atoms with Crippen LogP contribution in [0.2, 0.25) is 0 Å². The van der Waals surface area contributed by atoms with Crippen molar-refractivity contribution in [2.45, 2.75) is 18.7 Å². The quantitative estimate of drug-likeness (QED) is 0.612. The van der Waals surface area contributed by atoms with Crippen LogP contribution in [0.15, 0.2) is 47.4 Å². The van der Waals surface area contributed by atoms with Gasteiger partial charge < -0.3 is 0 Å². The standard InChI is InChI=1S/C16H15N3O4S/c1-3-18(24(22,23)15-7-4-12(2)5-8-15)16-9-6-14(19(20)21)10-13(16)11-17/h4-10H,3H2,1-2H3. The molecule has 2 rings (SSSR count). The third kappa shape index (κ3) is 3.21. The summed E-state index contributed by atoms with van der Waals surface area (Å²) >= 11 is 0. The van der Waals surface area contributed by atoms with E-state index in [9.17, 15) is 23.8 Å². The number of hydrogen-bond donors (Lipinski definition) is 0. The first-order chi connectivity index (χ1) is 11.3. The Morgan fingerprint density at radius 1 is 1.21 bits per heavy atom. The molecule has 0 aliphatic rings. The lowest BCUT2D eigenvalue weighted by molar-refractivity contribution is -0.384. The number of sulfonamides is 1. The molecule has 0 radical (unpaired) electrons. The van der Waals surface area contributed by atoms with Crippen LogP contribution in [0.5, 0.6) is 0 Å². The number of nitriles is 1. The minimum Gasteiger partial charge on any atom is -0.265 e. The second-order valence-corrected chi connectivity index (χ2v) is 6.92. The molecule has 7 nitrogen and oxygen atoms in total. The first-order valence-electron chi connectivity index (χ1n) is 7.09. The fraction of sp³-hybridized carbons (Fsp3) is 0.188. The van der Waals surface area contributed by atoms with E-state index in [4.69, 9.17) is 0 Å². The van der Waals surface area contributed by atoms with Crippen molar-refractivity contribution in [1.29, 1.82) is 5.26 Å². The number of anilines is 1. The van der Waals surface area contributed by atoms with Crippen LogP contribution in [0.25, 0.3) is 0 Å². The first-order valence-corrected chi connectivity index (χ1v) is 8.53. The molecule has 0 saturated heterocycles. The van der Waals surface area contributed by atoms with Crippen molar-refractivity contribution in [3.63, 3.8) is 0 Å². The number of hydrogen-bond acceptors (Lipinski definition) is 5. The van der Waals surface area contributed by atoms with Gasteiger partial charge in [0.1, 0.15) is 6.07 Å². The molecule has 0 fully saturated rings. The normalized spacial score (nSPS) is 10.9. The van der Waals surface area contributed by atoms with Gasteiger partial charge in [0.15, 0.2) is 0 Å². The van der Waals surface area contributed by atoms with Crippen molar-refractivity contribution in [3.05, 3.63) is 63.7 Å². The summed E-state index contributed by atoms with van der Waals surface area (Å²) in [6.45, 7) is 3.56. The summed E-state index contributed by atoms with van der Waals surface area (Å²) in [5.74, 6) is 0. The number of nitro benzene ring substituents is 1. The van der Waals surface area contributed by atoms with E-state index in [1.807, 2.05) is 13.0 Å². The van der Waals surface area contributed by atoms with Gasteiger partial charge in [-0.3, -0.25) is 14.4 Å². The molecule has 8 heteroatoms. The molecule has 2 aromatic rings. The number of non-ortho nitro benzene ring substituents is 1. The highest BCUT2D eigenvalue weighted by molar-refractivity contribution is 7.92. The molecular formula is C16H15N3O4S. The average Bonchev–Trinajstić information content (AvgIpc) is 2.55. The third-order valence-electron chi connectivity index (χ3n) is 3.48. The van der Waals surface area contributed by atoms with Crippen LogP contribution in [0.4, 0.5) is 11.4 Å². The van der Waals surface area contributed by atoms with Crippen LogP contribution < -0.4 is 4.31 Å². The highest BCUT2D eigenvalue weighted by Gasteiger charge is 2.26. The maximum atomic E-state index is 12.8. The summed E-state index contributed by atoms with van der Waals surface area (Å²) in [7, 11) is -3.87. The van der Waals surface area contributed by atoms with Gasteiger partial charge in [0.05, 0.1) is 21.1 Å². The second kappa shape index (κ2) is 6.68. The highest BCUT2D eigenvalue weighted by atomic mass is 32.2. The van der Waals surface area contributed by atoms with Crippen molar-refractivity contribution >= 4 is 21.4 Å². The summed E-state index contributed by atoms with van der Waals surface area (Å²) in [5, 5.41) is 20.1. The van der Waals surface area contributed by atoms with Crippen LogP contribution in [0.3, 0.4) is 0 Å². The third-order valence-corrected chi connectivity index (χ3v) is 5.38. The number of nitro groups is 1. The fourth-order valence-electron chi connectivity index (χ4n) is 2.25. The van der Waals surface area contributed by atoms with Gasteiger partial charge in [-0.25, -0.2) is 8.42 Å². The average molecular weight is 345 g/mol. The minimum absolute atomic E-state index is 0.0678. The zero-order valence-corrected chi connectivity index (χ0v) is 13.9. The van der Waals surface area contributed by atoms with Crippen LogP contribution >= 0.6 is 0 Å². The van der Waals surface area contributed by atoms with Crippen LogP contribution in [0, 0.1) is 28.4 Å². The predicted molar refractivity (Wildman–Crippen MR) is 89.2 cm³/mol. The van der Waals surface area contributed by atoms with Crippen molar-refractivity contribution in [2.24, 2.45) is 0 Å². The molecule has 24 heavy (non-hydrogen) atoms. The molecule has 124 valence electrons. The zero-order chi connectivity index (χ0) is 17.9. The van der Waals surface area contributed by atoms with Crippen LogP contribution in [-0.2, 0) is 10.0 Å². The second-order valence-electron chi connectivity index (χ2n) is 5.05. The van der Waals surface area contributed by atoms with Crippen LogP contribution in [-0.4, -0.2) is 19.9 Å². The van der Waals surface area contributed by atoms with Crippen molar-refractivity contribution in [2.75, 3.05) is 10.8 Å². The van der Waals surface area contributed by atoms with Gasteiger partial charge >= 0.3 is 0 Å². The topological polar surface area (TPSA) is 104 Å². The molecule has 0 aromatic heterocycles. The van der Waals surface area contributed by atoms with Gasteiger partial charge in [-0.05, 0) is 32.0 Å². The van der Waals surface area contributed by atoms with E-state index in [0.29, 0.717) is 0 Å². The SMILES string of the molecule is CCN(c1ccc([N+](=O)[O-])cc1C#N)S(=O)(=O)c1ccc(C)cc1. The van der Waals surface area contributed by atoms with Gasteiger partial charge in [0.25, 0.3) is 15.7 Å². The van der Waals surface area contributed by atoms with E-state index >= 15 is 0 Å². The van der Waals surface area contributed by atoms with E-state index in [-0.39, 0.29) is 28.4 Å². The molecule has 0 saturated carbocycles. The summed E-state index contributed by atoms with van der Waals surface area (Å²) in [6.07, 6.45) is 0. The Bertz CT molecular complexity index is 915. The summed E-state index contributed by atoms with van der Waals surface area (Å²) in [6, 6.07) is 11.7. The summed E-state index contributed by atoms with van der Waals surface area (Å²) < 4.78 is 26.8. The largest absolute Gasteiger partial charge is 0.270 e. The number of rotatable bonds is 5. The molecule has 0 aliphatic heterocycles. The Morgan fingerprint density at radius 2 is 1.83 bits per heavy atom. The molecular weight excluding hydrogens is 330 g/mol. The number of aryl methyl sites for hydroxylation is 1. The molecule has 0 bridgehead atoms. The number of nitrogens with zero attached hydrogens (tertiary/aromatic N) is 3. The Morgan fingerprint density at radius 3 is 2.33 bits per heavy atom. The van der Waals surface area contributed by atoms with Crippen molar-refractivity contribution < 1.29 is 13.3 Å². The van der Waals surface area contributed by atoms with E-state index in [1.165, 1.54) is 24.3 Å². The van der Waals surface area contributed by atoms with E-state index in [1.54, 1.807) is 19.1 Å². The Hall–Kier alpha value is -2.92. The Balaban J connectivity index is 2.58. The summed E-state index contributed by atoms with van der Waals surface area (Å²) in [4.78, 5) is 10.3. The van der Waals surface area contributed by atoms with Gasteiger partial charge in [0.2, 0.25) is 0 Å². The summed E-state index contributed by atoms with van der Waals surface area (Å²) in [5.41, 5.74) is 0.706. The van der Waals surface area contributed by atoms with Crippen molar-refractivity contribution in [3.8, 4) is 6.07 Å². The molecule has 2 aromatic carbocycles. The minimum atomic E-state index is -3.87. The Labute approximate surface area is 140 Å². The molecule has 0 heterocycles. The van der Waals surface area contributed by atoms with Crippen LogP contribution in [0.1, 0.15) is 18.1 Å². The maximum absolute atomic E-state index is 12.8. The van der Waals surface area contributed by atoms with E-state index < -0.39 is 14.9 Å². The molecule has 0 spiro atoms. The number of benzene rings is 2. The van der Waals surface area contributed by atoms with E-state index in [0.717, 1.165) is 15.9 Å². The van der Waals surface area contributed by atoms with Gasteiger partial charge in [-0.15, -0.1) is 0 Å². The van der Waals surface area contributed by atoms with Gasteiger partial charge in [-0.1, -0.05) is 17.7 Å².